The zero-order valence-corrected chi connectivity index (χ0v) is 12.9. The molecule has 1 aliphatic rings. The first-order valence-corrected chi connectivity index (χ1v) is 6.81. The number of aromatic nitrogens is 2. The first-order chi connectivity index (χ1) is 10.1. The first kappa shape index (κ1) is 16.8. The summed E-state index contributed by atoms with van der Waals surface area (Å²) in [6, 6.07) is 3.36. The molecule has 1 aliphatic heterocycles. The SMILES string of the molecule is CN1CCNCC1c1noc(Cc2cc(F)ccc2F)n1.Cl. The molecule has 0 bridgehead atoms. The highest BCUT2D eigenvalue weighted by atomic mass is 35.5. The van der Waals surface area contributed by atoms with Crippen LogP contribution in [0.15, 0.2) is 22.7 Å². The molecule has 22 heavy (non-hydrogen) atoms. The number of halogens is 3. The predicted octanol–water partition coefficient (Wildman–Crippen LogP) is 1.94. The van der Waals surface area contributed by atoms with Gasteiger partial charge in [0.1, 0.15) is 11.6 Å². The molecule has 1 unspecified atom stereocenters. The lowest BCUT2D eigenvalue weighted by Gasteiger charge is -2.30. The van der Waals surface area contributed by atoms with Gasteiger partial charge in [-0.05, 0) is 25.2 Å². The van der Waals surface area contributed by atoms with Crippen molar-refractivity contribution in [1.82, 2.24) is 20.4 Å². The van der Waals surface area contributed by atoms with Crippen LogP contribution in [0.3, 0.4) is 0 Å². The predicted molar refractivity (Wildman–Crippen MR) is 79.0 cm³/mol. The van der Waals surface area contributed by atoms with Crippen molar-refractivity contribution < 1.29 is 13.3 Å². The minimum Gasteiger partial charge on any atom is -0.339 e. The molecule has 1 N–H and O–H groups in total. The third-order valence-corrected chi connectivity index (χ3v) is 3.64. The van der Waals surface area contributed by atoms with Gasteiger partial charge in [-0.25, -0.2) is 8.78 Å². The molecule has 120 valence electrons. The zero-order valence-electron chi connectivity index (χ0n) is 12.1. The lowest BCUT2D eigenvalue weighted by Crippen LogP contribution is -2.44. The summed E-state index contributed by atoms with van der Waals surface area (Å²) in [5, 5.41) is 7.22. The van der Waals surface area contributed by atoms with E-state index in [1.54, 1.807) is 0 Å². The molecule has 8 heteroatoms. The Morgan fingerprint density at radius 2 is 2.23 bits per heavy atom. The van der Waals surface area contributed by atoms with Crippen LogP contribution < -0.4 is 5.32 Å². The van der Waals surface area contributed by atoms with E-state index in [0.29, 0.717) is 5.82 Å². The summed E-state index contributed by atoms with van der Waals surface area (Å²) in [6.07, 6.45) is 0.0838. The van der Waals surface area contributed by atoms with Crippen LogP contribution in [-0.2, 0) is 6.42 Å². The highest BCUT2D eigenvalue weighted by molar-refractivity contribution is 5.85. The van der Waals surface area contributed by atoms with Crippen LogP contribution in [0, 0.1) is 11.6 Å². The monoisotopic (exact) mass is 330 g/mol. The van der Waals surface area contributed by atoms with Gasteiger partial charge in [0.05, 0.1) is 12.5 Å². The van der Waals surface area contributed by atoms with E-state index < -0.39 is 11.6 Å². The second-order valence-corrected chi connectivity index (χ2v) is 5.16. The normalized spacial score (nSPS) is 19.0. The van der Waals surface area contributed by atoms with E-state index in [-0.39, 0.29) is 36.3 Å². The summed E-state index contributed by atoms with van der Waals surface area (Å²) in [5.74, 6) is -0.111. The standard InChI is InChI=1S/C14H16F2N4O.ClH/c1-20-5-4-17-8-12(20)14-18-13(21-19-14)7-9-6-10(15)2-3-11(9)16;/h2-3,6,12,17H,4-5,7-8H2,1H3;1H. The third-order valence-electron chi connectivity index (χ3n) is 3.64. The maximum Gasteiger partial charge on any atom is 0.231 e. The number of likely N-dealkylation sites (N-methyl/N-ethyl adjacent to an activating group) is 1. The highest BCUT2D eigenvalue weighted by Crippen LogP contribution is 2.19. The van der Waals surface area contributed by atoms with Crippen molar-refractivity contribution in [3.63, 3.8) is 0 Å². The smallest absolute Gasteiger partial charge is 0.231 e. The summed E-state index contributed by atoms with van der Waals surface area (Å²) >= 11 is 0. The average Bonchev–Trinajstić information content (AvgIpc) is 2.92. The van der Waals surface area contributed by atoms with Gasteiger partial charge in [-0.1, -0.05) is 5.16 Å². The van der Waals surface area contributed by atoms with E-state index in [1.807, 2.05) is 7.05 Å². The summed E-state index contributed by atoms with van der Waals surface area (Å²) in [7, 11) is 1.99. The Balaban J connectivity index is 0.00000176. The van der Waals surface area contributed by atoms with E-state index in [0.717, 1.165) is 37.8 Å². The fourth-order valence-corrected chi connectivity index (χ4v) is 2.41. The topological polar surface area (TPSA) is 54.2 Å². The number of rotatable bonds is 3. The zero-order chi connectivity index (χ0) is 14.8. The van der Waals surface area contributed by atoms with Crippen LogP contribution in [0.2, 0.25) is 0 Å². The molecule has 1 fully saturated rings. The lowest BCUT2D eigenvalue weighted by molar-refractivity contribution is 0.190. The molecule has 1 aromatic carbocycles. The van der Waals surface area contributed by atoms with Crippen molar-refractivity contribution >= 4 is 12.4 Å². The molecule has 0 radical (unpaired) electrons. The van der Waals surface area contributed by atoms with E-state index in [2.05, 4.69) is 20.4 Å². The Kier molecular flexibility index (Phi) is 5.44. The quantitative estimate of drug-likeness (QED) is 0.932. The van der Waals surface area contributed by atoms with Crippen LogP contribution in [0.25, 0.3) is 0 Å². The summed E-state index contributed by atoms with van der Waals surface area (Å²) in [5.41, 5.74) is 0.209. The third kappa shape index (κ3) is 3.60. The van der Waals surface area contributed by atoms with Gasteiger partial charge < -0.3 is 9.84 Å². The Labute approximate surface area is 133 Å². The summed E-state index contributed by atoms with van der Waals surface area (Å²) in [4.78, 5) is 6.43. The number of hydrogen-bond donors (Lipinski definition) is 1. The van der Waals surface area contributed by atoms with Gasteiger partial charge >= 0.3 is 0 Å². The Hall–Kier alpha value is -1.57. The molecule has 2 aromatic rings. The van der Waals surface area contributed by atoms with Crippen molar-refractivity contribution in [2.45, 2.75) is 12.5 Å². The van der Waals surface area contributed by atoms with Crippen LogP contribution in [0.5, 0.6) is 0 Å². The molecule has 0 saturated carbocycles. The van der Waals surface area contributed by atoms with Crippen molar-refractivity contribution in [2.24, 2.45) is 0 Å². The number of nitrogens with zero attached hydrogens (tertiary/aromatic N) is 3. The molecular formula is C14H17ClF2N4O. The molecule has 5 nitrogen and oxygen atoms in total. The second kappa shape index (κ2) is 7.13. The van der Waals surface area contributed by atoms with Crippen LogP contribution in [-0.4, -0.2) is 41.7 Å². The van der Waals surface area contributed by atoms with E-state index in [1.165, 1.54) is 0 Å². The van der Waals surface area contributed by atoms with Gasteiger partial charge in [-0.3, -0.25) is 4.90 Å². The van der Waals surface area contributed by atoms with E-state index in [4.69, 9.17) is 4.52 Å². The largest absolute Gasteiger partial charge is 0.339 e. The molecule has 1 saturated heterocycles. The summed E-state index contributed by atoms with van der Waals surface area (Å²) < 4.78 is 31.9. The molecule has 0 spiro atoms. The van der Waals surface area contributed by atoms with Gasteiger partial charge in [-0.2, -0.15) is 4.98 Å². The minimum atomic E-state index is -0.484. The molecule has 1 atom stereocenters. The van der Waals surface area contributed by atoms with Gasteiger partial charge in [-0.15, -0.1) is 12.4 Å². The van der Waals surface area contributed by atoms with E-state index >= 15 is 0 Å². The molecule has 0 aliphatic carbocycles. The number of benzene rings is 1. The molecule has 3 rings (SSSR count). The second-order valence-electron chi connectivity index (χ2n) is 5.16. The first-order valence-electron chi connectivity index (χ1n) is 6.81. The van der Waals surface area contributed by atoms with Crippen molar-refractivity contribution in [3.8, 4) is 0 Å². The number of hydrogen-bond acceptors (Lipinski definition) is 5. The average molecular weight is 331 g/mol. The van der Waals surface area contributed by atoms with Gasteiger partial charge in [0.25, 0.3) is 0 Å². The Bertz CT molecular complexity index is 637. The Morgan fingerprint density at radius 3 is 3.00 bits per heavy atom. The highest BCUT2D eigenvalue weighted by Gasteiger charge is 2.25. The fourth-order valence-electron chi connectivity index (χ4n) is 2.41. The van der Waals surface area contributed by atoms with Gasteiger partial charge in [0.2, 0.25) is 5.89 Å². The summed E-state index contributed by atoms with van der Waals surface area (Å²) in [6.45, 7) is 2.56. The molecular weight excluding hydrogens is 314 g/mol. The Morgan fingerprint density at radius 1 is 1.41 bits per heavy atom. The molecule has 1 aromatic heterocycles. The van der Waals surface area contributed by atoms with Gasteiger partial charge in [0.15, 0.2) is 5.82 Å². The number of piperazine rings is 1. The van der Waals surface area contributed by atoms with Crippen molar-refractivity contribution in [3.05, 3.63) is 47.1 Å². The lowest BCUT2D eigenvalue weighted by atomic mass is 10.1. The van der Waals surface area contributed by atoms with Crippen LogP contribution in [0.4, 0.5) is 8.78 Å². The van der Waals surface area contributed by atoms with Crippen molar-refractivity contribution in [1.29, 1.82) is 0 Å². The fraction of sp³-hybridized carbons (Fsp3) is 0.429. The van der Waals surface area contributed by atoms with E-state index in [9.17, 15) is 8.78 Å². The molecule has 0 amide bonds. The molecule has 2 heterocycles. The van der Waals surface area contributed by atoms with Gasteiger partial charge in [0, 0.05) is 25.2 Å². The van der Waals surface area contributed by atoms with Crippen molar-refractivity contribution in [2.75, 3.05) is 26.7 Å². The minimum absolute atomic E-state index is 0. The van der Waals surface area contributed by atoms with Crippen LogP contribution in [0.1, 0.15) is 23.3 Å². The van der Waals surface area contributed by atoms with Crippen LogP contribution >= 0.6 is 12.4 Å². The number of nitrogens with one attached hydrogen (secondary N) is 1. The maximum absolute atomic E-state index is 13.6. The maximum atomic E-state index is 13.6.